The molecule has 152 valence electrons. The van der Waals surface area contributed by atoms with Gasteiger partial charge in [-0.3, -0.25) is 9.10 Å². The van der Waals surface area contributed by atoms with Crippen molar-refractivity contribution >= 4 is 38.6 Å². The molecule has 2 aromatic carbocycles. The highest BCUT2D eigenvalue weighted by atomic mass is 32.2. The van der Waals surface area contributed by atoms with Crippen LogP contribution in [0.25, 0.3) is 0 Å². The molecule has 0 radical (unpaired) electrons. The van der Waals surface area contributed by atoms with Gasteiger partial charge in [-0.2, -0.15) is 0 Å². The fourth-order valence-electron chi connectivity index (χ4n) is 2.81. The van der Waals surface area contributed by atoms with Crippen LogP contribution in [0.15, 0.2) is 70.3 Å². The van der Waals surface area contributed by atoms with Crippen LogP contribution in [0, 0.1) is 0 Å². The van der Waals surface area contributed by atoms with Crippen molar-refractivity contribution < 1.29 is 17.9 Å². The summed E-state index contributed by atoms with van der Waals surface area (Å²) in [7, 11) is -2.47. The zero-order valence-electron chi connectivity index (χ0n) is 16.2. The fourth-order valence-corrected chi connectivity index (χ4v) is 5.35. The van der Waals surface area contributed by atoms with Gasteiger partial charge in [-0.25, -0.2) is 8.42 Å². The summed E-state index contributed by atoms with van der Waals surface area (Å²) in [5.41, 5.74) is 2.07. The van der Waals surface area contributed by atoms with Crippen molar-refractivity contribution in [3.8, 4) is 5.75 Å². The molecule has 0 atom stereocenters. The molecule has 6 nitrogen and oxygen atoms in total. The summed E-state index contributed by atoms with van der Waals surface area (Å²) >= 11 is 1.10. The molecule has 0 aliphatic rings. The molecule has 0 bridgehead atoms. The molecule has 29 heavy (non-hydrogen) atoms. The van der Waals surface area contributed by atoms with Crippen molar-refractivity contribution in [1.29, 1.82) is 0 Å². The Hall–Kier alpha value is -2.84. The number of para-hydroxylation sites is 2. The molecule has 1 aromatic heterocycles. The third kappa shape index (κ3) is 4.78. The largest absolute Gasteiger partial charge is 0.495 e. The number of benzene rings is 2. The molecule has 0 saturated carbocycles. The van der Waals surface area contributed by atoms with E-state index in [1.54, 1.807) is 47.8 Å². The molecule has 1 amide bonds. The van der Waals surface area contributed by atoms with E-state index in [9.17, 15) is 13.2 Å². The first-order chi connectivity index (χ1) is 14.0. The average Bonchev–Trinajstić information content (AvgIpc) is 3.28. The normalized spacial score (nSPS) is 11.1. The van der Waals surface area contributed by atoms with Gasteiger partial charge >= 0.3 is 0 Å². The first-order valence-electron chi connectivity index (χ1n) is 9.03. The Morgan fingerprint density at radius 2 is 1.79 bits per heavy atom. The van der Waals surface area contributed by atoms with Gasteiger partial charge in [0.05, 0.1) is 12.8 Å². The van der Waals surface area contributed by atoms with Gasteiger partial charge in [0.25, 0.3) is 10.0 Å². The van der Waals surface area contributed by atoms with Crippen molar-refractivity contribution in [1.82, 2.24) is 0 Å². The highest BCUT2D eigenvalue weighted by Gasteiger charge is 2.30. The van der Waals surface area contributed by atoms with E-state index in [4.69, 9.17) is 4.74 Å². The molecule has 3 rings (SSSR count). The Morgan fingerprint density at radius 3 is 2.41 bits per heavy atom. The van der Waals surface area contributed by atoms with Gasteiger partial charge in [-0.1, -0.05) is 37.3 Å². The second kappa shape index (κ2) is 9.11. The second-order valence-corrected chi connectivity index (χ2v) is 9.25. The van der Waals surface area contributed by atoms with Crippen LogP contribution in [0.5, 0.6) is 5.75 Å². The minimum absolute atomic E-state index is 0.156. The lowest BCUT2D eigenvalue weighted by atomic mass is 10.1. The Balaban J connectivity index is 1.91. The monoisotopic (exact) mass is 430 g/mol. The third-order valence-electron chi connectivity index (χ3n) is 4.33. The number of nitrogens with zero attached hydrogens (tertiary/aromatic N) is 1. The number of anilines is 2. The highest BCUT2D eigenvalue weighted by molar-refractivity contribution is 7.94. The van der Waals surface area contributed by atoms with Gasteiger partial charge in [0.2, 0.25) is 5.91 Å². The number of hydrogen-bond acceptors (Lipinski definition) is 5. The van der Waals surface area contributed by atoms with E-state index in [0.29, 0.717) is 17.1 Å². The van der Waals surface area contributed by atoms with E-state index >= 15 is 0 Å². The Labute approximate surface area is 174 Å². The maximum atomic E-state index is 13.2. The zero-order valence-corrected chi connectivity index (χ0v) is 17.8. The molecule has 0 fully saturated rings. The van der Waals surface area contributed by atoms with Crippen molar-refractivity contribution in [3.05, 3.63) is 71.6 Å². The van der Waals surface area contributed by atoms with E-state index in [-0.39, 0.29) is 10.8 Å². The van der Waals surface area contributed by atoms with Crippen molar-refractivity contribution in [2.75, 3.05) is 23.3 Å². The molecule has 0 unspecified atom stereocenters. The third-order valence-corrected chi connectivity index (χ3v) is 7.46. The van der Waals surface area contributed by atoms with Gasteiger partial charge in [0.1, 0.15) is 16.5 Å². The van der Waals surface area contributed by atoms with Crippen LogP contribution >= 0.6 is 11.3 Å². The van der Waals surface area contributed by atoms with E-state index in [2.05, 4.69) is 5.32 Å². The highest BCUT2D eigenvalue weighted by Crippen LogP contribution is 2.33. The van der Waals surface area contributed by atoms with Crippen molar-refractivity contribution in [2.24, 2.45) is 0 Å². The first-order valence-corrected chi connectivity index (χ1v) is 11.4. The van der Waals surface area contributed by atoms with Gasteiger partial charge < -0.3 is 10.1 Å². The Kier molecular flexibility index (Phi) is 6.56. The molecule has 0 aliphatic carbocycles. The molecule has 0 saturated heterocycles. The number of hydrogen-bond donors (Lipinski definition) is 1. The zero-order chi connectivity index (χ0) is 20.9. The van der Waals surface area contributed by atoms with Crippen molar-refractivity contribution in [3.63, 3.8) is 0 Å². The number of rotatable bonds is 8. The number of thiophene rings is 1. The van der Waals surface area contributed by atoms with Crippen LogP contribution in [0.1, 0.15) is 12.5 Å². The topological polar surface area (TPSA) is 75.7 Å². The van der Waals surface area contributed by atoms with Crippen LogP contribution in [0.3, 0.4) is 0 Å². The van der Waals surface area contributed by atoms with E-state index in [1.165, 1.54) is 13.2 Å². The van der Waals surface area contributed by atoms with Gasteiger partial charge in [-0.15, -0.1) is 11.3 Å². The summed E-state index contributed by atoms with van der Waals surface area (Å²) in [5.74, 6) is -0.0759. The van der Waals surface area contributed by atoms with Gasteiger partial charge in [0, 0.05) is 5.69 Å². The summed E-state index contributed by atoms with van der Waals surface area (Å²) < 4.78 is 33.0. The smallest absolute Gasteiger partial charge is 0.274 e. The predicted octanol–water partition coefficient (Wildman–Crippen LogP) is 4.15. The van der Waals surface area contributed by atoms with E-state index < -0.39 is 15.9 Å². The van der Waals surface area contributed by atoms with Gasteiger partial charge in [0.15, 0.2) is 0 Å². The first kappa shape index (κ1) is 20.9. The summed E-state index contributed by atoms with van der Waals surface area (Å²) in [4.78, 5) is 12.7. The predicted molar refractivity (Wildman–Crippen MR) is 116 cm³/mol. The van der Waals surface area contributed by atoms with Crippen molar-refractivity contribution in [2.45, 2.75) is 17.6 Å². The molecular weight excluding hydrogens is 408 g/mol. The minimum Gasteiger partial charge on any atom is -0.495 e. The lowest BCUT2D eigenvalue weighted by Crippen LogP contribution is -2.38. The average molecular weight is 431 g/mol. The summed E-state index contributed by atoms with van der Waals surface area (Å²) in [6.45, 7) is 1.67. The Morgan fingerprint density at radius 1 is 1.07 bits per heavy atom. The summed E-state index contributed by atoms with van der Waals surface area (Å²) in [6, 6.07) is 17.4. The molecule has 0 aliphatic heterocycles. The van der Waals surface area contributed by atoms with Crippen LogP contribution in [-0.4, -0.2) is 28.0 Å². The number of amides is 1. The molecule has 8 heteroatoms. The van der Waals surface area contributed by atoms with Crippen LogP contribution in [0.4, 0.5) is 11.4 Å². The molecule has 3 aromatic rings. The fraction of sp³-hybridized carbons (Fsp3) is 0.190. The molecule has 1 N–H and O–H groups in total. The molecule has 0 spiro atoms. The Bertz CT molecular complexity index is 1060. The number of ether oxygens (including phenoxy) is 1. The van der Waals surface area contributed by atoms with Crippen LogP contribution in [0.2, 0.25) is 0 Å². The SMILES string of the molecule is CCc1ccc(NC(=O)CN(c2ccccc2OC)S(=O)(=O)c2cccs2)cc1. The van der Waals surface area contributed by atoms with Crippen LogP contribution in [-0.2, 0) is 21.2 Å². The van der Waals surface area contributed by atoms with E-state index in [0.717, 1.165) is 27.6 Å². The number of carbonyl (C=O) groups is 1. The maximum absolute atomic E-state index is 13.2. The van der Waals surface area contributed by atoms with Crippen LogP contribution < -0.4 is 14.4 Å². The summed E-state index contributed by atoms with van der Waals surface area (Å²) in [6.07, 6.45) is 0.898. The number of aryl methyl sites for hydroxylation is 1. The second-order valence-electron chi connectivity index (χ2n) is 6.21. The number of sulfonamides is 1. The maximum Gasteiger partial charge on any atom is 0.274 e. The number of methoxy groups -OCH3 is 1. The standard InChI is InChI=1S/C21H22N2O4S2/c1-3-16-10-12-17(13-11-16)22-20(24)15-23(18-7-4-5-8-19(18)27-2)29(25,26)21-9-6-14-28-21/h4-14H,3,15H2,1-2H3,(H,22,24). The number of carbonyl (C=O) groups excluding carboxylic acids is 1. The lowest BCUT2D eigenvalue weighted by Gasteiger charge is -2.25. The summed E-state index contributed by atoms with van der Waals surface area (Å²) in [5, 5.41) is 4.45. The quantitative estimate of drug-likeness (QED) is 0.582. The van der Waals surface area contributed by atoms with E-state index in [1.807, 2.05) is 19.1 Å². The molecular formula is C21H22N2O4S2. The number of nitrogens with one attached hydrogen (secondary N) is 1. The van der Waals surface area contributed by atoms with Gasteiger partial charge in [-0.05, 0) is 47.7 Å². The molecule has 1 heterocycles. The minimum atomic E-state index is -3.93. The lowest BCUT2D eigenvalue weighted by molar-refractivity contribution is -0.114.